The van der Waals surface area contributed by atoms with Gasteiger partial charge < -0.3 is 0 Å². The van der Waals surface area contributed by atoms with Crippen molar-refractivity contribution in [2.45, 2.75) is 12.8 Å². The SMILES string of the molecule is Cc1ccccc1[C@H](/C=C/c1ccccc1)c1ccccc1. The summed E-state index contributed by atoms with van der Waals surface area (Å²) < 4.78 is 0. The molecule has 0 aliphatic carbocycles. The van der Waals surface area contributed by atoms with E-state index in [0.717, 1.165) is 0 Å². The molecule has 0 saturated carbocycles. The minimum Gasteiger partial charge on any atom is -0.0720 e. The highest BCUT2D eigenvalue weighted by molar-refractivity contribution is 5.53. The van der Waals surface area contributed by atoms with Crippen molar-refractivity contribution in [3.05, 3.63) is 113 Å². The zero-order valence-electron chi connectivity index (χ0n) is 12.8. The van der Waals surface area contributed by atoms with Gasteiger partial charge in [0.2, 0.25) is 0 Å². The van der Waals surface area contributed by atoms with Crippen molar-refractivity contribution in [3.8, 4) is 0 Å². The first kappa shape index (κ1) is 14.3. The number of benzene rings is 3. The van der Waals surface area contributed by atoms with Crippen LogP contribution in [0, 0.1) is 6.92 Å². The Labute approximate surface area is 132 Å². The largest absolute Gasteiger partial charge is 0.0720 e. The van der Waals surface area contributed by atoms with E-state index in [1.54, 1.807) is 0 Å². The van der Waals surface area contributed by atoms with Crippen LogP contribution in [0.25, 0.3) is 6.08 Å². The topological polar surface area (TPSA) is 0 Å². The summed E-state index contributed by atoms with van der Waals surface area (Å²) in [5.41, 5.74) is 5.25. The Balaban J connectivity index is 2.01. The summed E-state index contributed by atoms with van der Waals surface area (Å²) >= 11 is 0. The van der Waals surface area contributed by atoms with Gasteiger partial charge in [-0.1, -0.05) is 97.1 Å². The van der Waals surface area contributed by atoms with E-state index in [0.29, 0.717) is 0 Å². The lowest BCUT2D eigenvalue weighted by atomic mass is 9.88. The second-order valence-electron chi connectivity index (χ2n) is 5.51. The molecule has 3 aromatic rings. The smallest absolute Gasteiger partial charge is 0.0275 e. The molecule has 0 radical (unpaired) electrons. The van der Waals surface area contributed by atoms with Gasteiger partial charge in [0.25, 0.3) is 0 Å². The van der Waals surface area contributed by atoms with Crippen molar-refractivity contribution in [2.75, 3.05) is 0 Å². The Morgan fingerprint density at radius 1 is 0.682 bits per heavy atom. The predicted molar refractivity (Wildman–Crippen MR) is 94.9 cm³/mol. The van der Waals surface area contributed by atoms with Crippen LogP contribution >= 0.6 is 0 Å². The third-order valence-corrected chi connectivity index (χ3v) is 3.96. The summed E-state index contributed by atoms with van der Waals surface area (Å²) in [6.07, 6.45) is 4.51. The van der Waals surface area contributed by atoms with Gasteiger partial charge in [-0.05, 0) is 29.2 Å². The maximum Gasteiger partial charge on any atom is 0.0275 e. The molecule has 0 aliphatic heterocycles. The van der Waals surface area contributed by atoms with E-state index >= 15 is 0 Å². The molecule has 3 rings (SSSR count). The highest BCUT2D eigenvalue weighted by Crippen LogP contribution is 2.29. The molecular weight excluding hydrogens is 264 g/mol. The van der Waals surface area contributed by atoms with E-state index in [4.69, 9.17) is 0 Å². The second kappa shape index (κ2) is 6.91. The van der Waals surface area contributed by atoms with E-state index in [2.05, 4.69) is 97.9 Å². The average Bonchev–Trinajstić information content (AvgIpc) is 2.58. The number of allylic oxidation sites excluding steroid dienone is 1. The Kier molecular flexibility index (Phi) is 4.50. The standard InChI is InChI=1S/C22H20/c1-18-10-8-9-15-21(18)22(20-13-6-3-7-14-20)17-16-19-11-4-2-5-12-19/h2-17,22H,1H3/b17-16+/t22-/m1/s1. The van der Waals surface area contributed by atoms with Crippen molar-refractivity contribution in [1.82, 2.24) is 0 Å². The van der Waals surface area contributed by atoms with Gasteiger partial charge in [-0.3, -0.25) is 0 Å². The molecule has 0 fully saturated rings. The van der Waals surface area contributed by atoms with Crippen LogP contribution in [0.5, 0.6) is 0 Å². The van der Waals surface area contributed by atoms with E-state index in [-0.39, 0.29) is 5.92 Å². The number of hydrogen-bond acceptors (Lipinski definition) is 0. The molecular formula is C22H20. The van der Waals surface area contributed by atoms with Crippen LogP contribution in [0.15, 0.2) is 91.0 Å². The summed E-state index contributed by atoms with van der Waals surface area (Å²) in [7, 11) is 0. The molecule has 0 nitrogen and oxygen atoms in total. The van der Waals surface area contributed by atoms with Gasteiger partial charge in [0.1, 0.15) is 0 Å². The molecule has 0 bridgehead atoms. The van der Waals surface area contributed by atoms with Crippen molar-refractivity contribution in [1.29, 1.82) is 0 Å². The predicted octanol–water partition coefficient (Wildman–Crippen LogP) is 5.84. The molecule has 0 amide bonds. The maximum absolute atomic E-state index is 2.30. The van der Waals surface area contributed by atoms with Gasteiger partial charge >= 0.3 is 0 Å². The van der Waals surface area contributed by atoms with Crippen LogP contribution in [0.1, 0.15) is 28.2 Å². The van der Waals surface area contributed by atoms with Crippen LogP contribution in [-0.2, 0) is 0 Å². The molecule has 3 aromatic carbocycles. The van der Waals surface area contributed by atoms with Crippen LogP contribution in [0.2, 0.25) is 0 Å². The minimum absolute atomic E-state index is 0.280. The zero-order chi connectivity index (χ0) is 15.2. The van der Waals surface area contributed by atoms with Crippen LogP contribution in [-0.4, -0.2) is 0 Å². The minimum atomic E-state index is 0.280. The fourth-order valence-corrected chi connectivity index (χ4v) is 2.76. The normalized spacial score (nSPS) is 12.4. The van der Waals surface area contributed by atoms with Gasteiger partial charge in [-0.2, -0.15) is 0 Å². The van der Waals surface area contributed by atoms with Crippen molar-refractivity contribution < 1.29 is 0 Å². The van der Waals surface area contributed by atoms with Gasteiger partial charge in [-0.25, -0.2) is 0 Å². The molecule has 0 N–H and O–H groups in total. The third kappa shape index (κ3) is 3.35. The van der Waals surface area contributed by atoms with E-state index in [1.807, 2.05) is 6.07 Å². The van der Waals surface area contributed by atoms with Crippen LogP contribution < -0.4 is 0 Å². The number of rotatable bonds is 4. The van der Waals surface area contributed by atoms with Gasteiger partial charge in [-0.15, -0.1) is 0 Å². The molecule has 0 heterocycles. The number of hydrogen-bond donors (Lipinski definition) is 0. The van der Waals surface area contributed by atoms with Gasteiger partial charge in [0.15, 0.2) is 0 Å². The molecule has 0 unspecified atom stereocenters. The van der Waals surface area contributed by atoms with Crippen molar-refractivity contribution in [2.24, 2.45) is 0 Å². The highest BCUT2D eigenvalue weighted by Gasteiger charge is 2.12. The first-order valence-corrected chi connectivity index (χ1v) is 7.68. The first-order chi connectivity index (χ1) is 10.8. The fourth-order valence-electron chi connectivity index (χ4n) is 2.76. The molecule has 0 saturated heterocycles. The van der Waals surface area contributed by atoms with E-state index in [1.165, 1.54) is 22.3 Å². The Morgan fingerprint density at radius 2 is 1.27 bits per heavy atom. The summed E-state index contributed by atoms with van der Waals surface area (Å²) in [6, 6.07) is 29.8. The molecule has 22 heavy (non-hydrogen) atoms. The van der Waals surface area contributed by atoms with Gasteiger partial charge in [0.05, 0.1) is 0 Å². The Bertz CT molecular complexity index is 739. The molecule has 0 heteroatoms. The average molecular weight is 284 g/mol. The second-order valence-corrected chi connectivity index (χ2v) is 5.51. The Morgan fingerprint density at radius 3 is 1.95 bits per heavy atom. The molecule has 0 aromatic heterocycles. The third-order valence-electron chi connectivity index (χ3n) is 3.96. The first-order valence-electron chi connectivity index (χ1n) is 7.68. The lowest BCUT2D eigenvalue weighted by Gasteiger charge is -2.16. The van der Waals surface area contributed by atoms with Crippen molar-refractivity contribution >= 4 is 6.08 Å². The van der Waals surface area contributed by atoms with Gasteiger partial charge in [0, 0.05) is 5.92 Å². The molecule has 108 valence electrons. The molecule has 1 atom stereocenters. The van der Waals surface area contributed by atoms with E-state index < -0.39 is 0 Å². The highest BCUT2D eigenvalue weighted by atomic mass is 14.2. The zero-order valence-corrected chi connectivity index (χ0v) is 12.8. The Hall–Kier alpha value is -2.60. The summed E-state index contributed by atoms with van der Waals surface area (Å²) in [5, 5.41) is 0. The summed E-state index contributed by atoms with van der Waals surface area (Å²) in [6.45, 7) is 2.18. The lowest BCUT2D eigenvalue weighted by Crippen LogP contribution is -2.00. The molecule has 0 spiro atoms. The van der Waals surface area contributed by atoms with Crippen LogP contribution in [0.4, 0.5) is 0 Å². The summed E-state index contributed by atoms with van der Waals surface area (Å²) in [4.78, 5) is 0. The quantitative estimate of drug-likeness (QED) is 0.564. The lowest BCUT2D eigenvalue weighted by molar-refractivity contribution is 1.01. The summed E-state index contributed by atoms with van der Waals surface area (Å²) in [5.74, 6) is 0.280. The fraction of sp³-hybridized carbons (Fsp3) is 0.0909. The van der Waals surface area contributed by atoms with E-state index in [9.17, 15) is 0 Å². The van der Waals surface area contributed by atoms with Crippen LogP contribution in [0.3, 0.4) is 0 Å². The number of aryl methyl sites for hydroxylation is 1. The van der Waals surface area contributed by atoms with Crippen molar-refractivity contribution in [3.63, 3.8) is 0 Å². The molecule has 0 aliphatic rings. The maximum atomic E-state index is 2.30. The monoisotopic (exact) mass is 284 g/mol.